The van der Waals surface area contributed by atoms with Gasteiger partial charge in [0.15, 0.2) is 0 Å². The summed E-state index contributed by atoms with van der Waals surface area (Å²) in [5.41, 5.74) is 1.21. The van der Waals surface area contributed by atoms with Gasteiger partial charge in [0, 0.05) is 11.3 Å². The smallest absolute Gasteiger partial charge is 0.223 e. The molecule has 2 rings (SSSR count). The molecule has 6 atom stereocenters. The third kappa shape index (κ3) is 7.81. The van der Waals surface area contributed by atoms with Gasteiger partial charge < -0.3 is 20.6 Å². The lowest BCUT2D eigenvalue weighted by atomic mass is 9.73. The molecule has 1 aliphatic heterocycles. The van der Waals surface area contributed by atoms with E-state index in [2.05, 4.69) is 10.3 Å². The SMILES string of the molecule is C/C1=C/C(C(O)/C(C)=C/c2csc(C)n2)NC(=O)CC(O)C(C)(C)C(=O)C(C)C(O)C(C)CCC1. The van der Waals surface area contributed by atoms with E-state index >= 15 is 0 Å². The summed E-state index contributed by atoms with van der Waals surface area (Å²) < 4.78 is 0. The van der Waals surface area contributed by atoms with Crippen molar-refractivity contribution in [2.24, 2.45) is 17.3 Å². The normalized spacial score (nSPS) is 32.1. The fourth-order valence-electron chi connectivity index (χ4n) is 4.60. The minimum Gasteiger partial charge on any atom is -0.392 e. The molecule has 0 spiro atoms. The van der Waals surface area contributed by atoms with Crippen LogP contribution >= 0.6 is 11.3 Å². The number of aryl methyl sites for hydroxylation is 1. The fourth-order valence-corrected chi connectivity index (χ4v) is 5.17. The van der Waals surface area contributed by atoms with E-state index in [9.17, 15) is 24.9 Å². The molecule has 1 aliphatic rings. The number of thiazole rings is 1. The number of ketones is 1. The number of aromatic nitrogens is 1. The number of Topliss-reactive ketones (excluding diaryl/α,β-unsaturated/α-hetero) is 1. The monoisotopic (exact) mass is 506 g/mol. The van der Waals surface area contributed by atoms with Crippen molar-refractivity contribution in [3.8, 4) is 0 Å². The van der Waals surface area contributed by atoms with Crippen LogP contribution in [0.3, 0.4) is 0 Å². The molecule has 1 amide bonds. The van der Waals surface area contributed by atoms with E-state index in [4.69, 9.17) is 0 Å². The molecule has 0 fully saturated rings. The Morgan fingerprint density at radius 2 is 1.91 bits per heavy atom. The summed E-state index contributed by atoms with van der Waals surface area (Å²) in [6.07, 6.45) is 2.60. The molecule has 6 unspecified atom stereocenters. The van der Waals surface area contributed by atoms with Gasteiger partial charge in [-0.3, -0.25) is 9.59 Å². The number of amides is 1. The van der Waals surface area contributed by atoms with E-state index in [1.807, 2.05) is 32.2 Å². The third-order valence-electron chi connectivity index (χ3n) is 7.20. The van der Waals surface area contributed by atoms with Crippen molar-refractivity contribution >= 4 is 29.1 Å². The highest BCUT2D eigenvalue weighted by Gasteiger charge is 2.42. The second-order valence-corrected chi connectivity index (χ2v) is 11.7. The maximum atomic E-state index is 13.2. The maximum Gasteiger partial charge on any atom is 0.223 e. The van der Waals surface area contributed by atoms with Crippen LogP contribution in [0.2, 0.25) is 0 Å². The predicted molar refractivity (Wildman–Crippen MR) is 140 cm³/mol. The Morgan fingerprint density at radius 3 is 2.51 bits per heavy atom. The molecule has 0 saturated heterocycles. The van der Waals surface area contributed by atoms with Crippen molar-refractivity contribution in [2.45, 2.75) is 98.5 Å². The first-order valence-corrected chi connectivity index (χ1v) is 13.3. The van der Waals surface area contributed by atoms with Crippen molar-refractivity contribution in [2.75, 3.05) is 0 Å². The van der Waals surface area contributed by atoms with E-state index in [0.29, 0.717) is 5.57 Å². The van der Waals surface area contributed by atoms with Crippen molar-refractivity contribution in [1.29, 1.82) is 0 Å². The Labute approximate surface area is 213 Å². The average Bonchev–Trinajstić information content (AvgIpc) is 3.19. The lowest BCUT2D eigenvalue weighted by Gasteiger charge is -2.34. The molecule has 1 aromatic rings. The van der Waals surface area contributed by atoms with Crippen LogP contribution in [0.1, 0.15) is 77.9 Å². The van der Waals surface area contributed by atoms with Gasteiger partial charge in [0.1, 0.15) is 5.78 Å². The molecule has 4 N–H and O–H groups in total. The van der Waals surface area contributed by atoms with Crippen LogP contribution in [0.5, 0.6) is 0 Å². The van der Waals surface area contributed by atoms with Gasteiger partial charge in [0.25, 0.3) is 0 Å². The summed E-state index contributed by atoms with van der Waals surface area (Å²) >= 11 is 1.52. The number of hydrogen-bond donors (Lipinski definition) is 4. The standard InChI is InChI=1S/C27H42N2O5S/c1-15-9-8-10-16(2)24(32)18(4)26(34)27(6,7)22(30)13-23(31)29-21(11-15)25(33)17(3)12-20-14-35-19(5)28-20/h11-12,14,16,18,21-22,24-25,30,32-33H,8-10,13H2,1-7H3,(H,29,31)/b15-11-,17-12+. The van der Waals surface area contributed by atoms with Crippen LogP contribution in [-0.4, -0.2) is 56.3 Å². The van der Waals surface area contributed by atoms with Crippen molar-refractivity contribution < 1.29 is 24.9 Å². The second-order valence-electron chi connectivity index (χ2n) is 10.7. The van der Waals surface area contributed by atoms with Gasteiger partial charge in [0.05, 0.1) is 46.9 Å². The van der Waals surface area contributed by atoms with E-state index < -0.39 is 41.6 Å². The lowest BCUT2D eigenvalue weighted by molar-refractivity contribution is -0.143. The van der Waals surface area contributed by atoms with E-state index in [-0.39, 0.29) is 18.1 Å². The summed E-state index contributed by atoms with van der Waals surface area (Å²) in [6, 6.07) is -0.698. The molecule has 0 radical (unpaired) electrons. The summed E-state index contributed by atoms with van der Waals surface area (Å²) in [4.78, 5) is 30.5. The Hall–Kier alpha value is -1.87. The van der Waals surface area contributed by atoms with Crippen molar-refractivity contribution in [3.05, 3.63) is 33.3 Å². The van der Waals surface area contributed by atoms with Crippen LogP contribution in [0.15, 0.2) is 22.6 Å². The number of nitrogens with one attached hydrogen (secondary N) is 1. The first-order valence-electron chi connectivity index (χ1n) is 12.4. The molecular weight excluding hydrogens is 464 g/mol. The highest BCUT2D eigenvalue weighted by atomic mass is 32.1. The number of carbonyl (C=O) groups excluding carboxylic acids is 2. The molecule has 0 bridgehead atoms. The largest absolute Gasteiger partial charge is 0.392 e. The third-order valence-corrected chi connectivity index (χ3v) is 7.99. The van der Waals surface area contributed by atoms with Gasteiger partial charge in [-0.15, -0.1) is 11.3 Å². The van der Waals surface area contributed by atoms with E-state index in [0.717, 1.165) is 35.5 Å². The van der Waals surface area contributed by atoms with Crippen LogP contribution in [-0.2, 0) is 9.59 Å². The minimum atomic E-state index is -1.23. The van der Waals surface area contributed by atoms with Crippen LogP contribution in [0.25, 0.3) is 6.08 Å². The maximum absolute atomic E-state index is 13.2. The topological polar surface area (TPSA) is 120 Å². The number of nitrogens with zero attached hydrogens (tertiary/aromatic N) is 1. The average molecular weight is 507 g/mol. The molecule has 1 aromatic heterocycles. The number of hydrogen-bond acceptors (Lipinski definition) is 7. The Balaban J connectivity index is 2.35. The number of rotatable bonds is 3. The van der Waals surface area contributed by atoms with Crippen LogP contribution in [0, 0.1) is 24.2 Å². The van der Waals surface area contributed by atoms with Crippen LogP contribution < -0.4 is 5.32 Å². The van der Waals surface area contributed by atoms with Crippen LogP contribution in [0.4, 0.5) is 0 Å². The second kappa shape index (κ2) is 12.4. The van der Waals surface area contributed by atoms with Gasteiger partial charge in [0.2, 0.25) is 5.91 Å². The zero-order valence-corrected chi connectivity index (χ0v) is 22.9. The summed E-state index contributed by atoms with van der Waals surface area (Å²) in [5.74, 6) is -1.47. The summed E-state index contributed by atoms with van der Waals surface area (Å²) in [6.45, 7) is 12.5. The highest BCUT2D eigenvalue weighted by molar-refractivity contribution is 7.09. The zero-order chi connectivity index (χ0) is 26.5. The minimum absolute atomic E-state index is 0.0901. The number of allylic oxidation sites excluding steroid dienone is 1. The van der Waals surface area contributed by atoms with Gasteiger partial charge in [-0.05, 0) is 57.6 Å². The molecular formula is C27H42N2O5S. The predicted octanol–water partition coefficient (Wildman–Crippen LogP) is 3.81. The molecule has 196 valence electrons. The van der Waals surface area contributed by atoms with E-state index in [1.54, 1.807) is 33.8 Å². The Kier molecular flexibility index (Phi) is 10.4. The fraction of sp³-hybridized carbons (Fsp3) is 0.667. The zero-order valence-electron chi connectivity index (χ0n) is 22.0. The molecule has 0 aromatic carbocycles. The number of aliphatic hydroxyl groups is 3. The molecule has 7 nitrogen and oxygen atoms in total. The van der Waals surface area contributed by atoms with Gasteiger partial charge in [-0.1, -0.05) is 39.3 Å². The summed E-state index contributed by atoms with van der Waals surface area (Å²) in [7, 11) is 0. The molecule has 2 heterocycles. The lowest BCUT2D eigenvalue weighted by Crippen LogP contribution is -2.48. The van der Waals surface area contributed by atoms with Crippen molar-refractivity contribution in [1.82, 2.24) is 10.3 Å². The molecule has 0 aliphatic carbocycles. The van der Waals surface area contributed by atoms with Crippen molar-refractivity contribution in [3.63, 3.8) is 0 Å². The number of aliphatic hydroxyl groups excluding tert-OH is 3. The van der Waals surface area contributed by atoms with Gasteiger partial charge in [-0.2, -0.15) is 0 Å². The molecule has 0 saturated carbocycles. The first-order chi connectivity index (χ1) is 16.2. The summed E-state index contributed by atoms with van der Waals surface area (Å²) in [5, 5.41) is 38.4. The number of carbonyl (C=O) groups is 2. The molecule has 8 heteroatoms. The van der Waals surface area contributed by atoms with Gasteiger partial charge in [-0.25, -0.2) is 4.98 Å². The first kappa shape index (κ1) is 29.4. The van der Waals surface area contributed by atoms with Gasteiger partial charge >= 0.3 is 0 Å². The Morgan fingerprint density at radius 1 is 1.26 bits per heavy atom. The Bertz CT molecular complexity index is 951. The highest BCUT2D eigenvalue weighted by Crippen LogP contribution is 2.32. The van der Waals surface area contributed by atoms with E-state index in [1.165, 1.54) is 11.3 Å². The quantitative estimate of drug-likeness (QED) is 0.463. The molecule has 35 heavy (non-hydrogen) atoms.